The summed E-state index contributed by atoms with van der Waals surface area (Å²) in [6.07, 6.45) is 0.496. The second kappa shape index (κ2) is 13.6. The van der Waals surface area contributed by atoms with Gasteiger partial charge in [-0.3, -0.25) is 24.3 Å². The number of hydrazone groups is 1. The lowest BCUT2D eigenvalue weighted by Gasteiger charge is -2.22. The highest BCUT2D eigenvalue weighted by atomic mass is 32.2. The Morgan fingerprint density at radius 3 is 2.57 bits per heavy atom. The summed E-state index contributed by atoms with van der Waals surface area (Å²) in [5, 5.41) is 31.4. The number of hydrogen-bond acceptors (Lipinski definition) is 9. The Hall–Kier alpha value is -5.21. The maximum absolute atomic E-state index is 13.7. The Kier molecular flexibility index (Phi) is 9.22. The van der Waals surface area contributed by atoms with Crippen LogP contribution >= 0.6 is 23.1 Å². The van der Waals surface area contributed by atoms with E-state index in [1.807, 2.05) is 48.7 Å². The van der Waals surface area contributed by atoms with Crippen LogP contribution in [0.1, 0.15) is 50.2 Å². The largest absolute Gasteiger partial charge is 0.345 e. The normalized spacial score (nSPS) is 14.2. The smallest absolute Gasteiger partial charge is 0.273 e. The third kappa shape index (κ3) is 6.83. The number of rotatable bonds is 10. The molecule has 0 saturated heterocycles. The zero-order valence-corrected chi connectivity index (χ0v) is 26.9. The summed E-state index contributed by atoms with van der Waals surface area (Å²) in [4.78, 5) is 38.6. The highest BCUT2D eigenvalue weighted by Crippen LogP contribution is 2.35. The minimum Gasteiger partial charge on any atom is -0.345 e. The lowest BCUT2D eigenvalue weighted by molar-refractivity contribution is -0.385. The van der Waals surface area contributed by atoms with Crippen LogP contribution in [0.5, 0.6) is 0 Å². The van der Waals surface area contributed by atoms with E-state index in [0.717, 1.165) is 27.4 Å². The van der Waals surface area contributed by atoms with Gasteiger partial charge in [0.1, 0.15) is 5.82 Å². The molecule has 0 unspecified atom stereocenters. The molecule has 0 aliphatic carbocycles. The van der Waals surface area contributed by atoms with Crippen molar-refractivity contribution < 1.29 is 18.9 Å². The quantitative estimate of drug-likeness (QED) is 0.103. The molecule has 5 aromatic rings. The standard InChI is InChI=1S/C33H28FN7O4S2/c1-20-6-3-7-24(16-20)39-30(18-35-32(43)25-8-4-9-27(21(25)2)41(44)45)36-37-33(39)47-19-31(42)40-28(22-11-13-23(34)14-12-22)17-26(38-40)29-10-5-15-46-29/h3-16,28H,17-19H2,1-2H3,(H,35,43)/t28-/m0/s1. The molecule has 1 atom stereocenters. The lowest BCUT2D eigenvalue weighted by atomic mass is 10.0. The summed E-state index contributed by atoms with van der Waals surface area (Å²) in [7, 11) is 0. The Morgan fingerprint density at radius 2 is 1.85 bits per heavy atom. The third-order valence-electron chi connectivity index (χ3n) is 7.66. The fourth-order valence-corrected chi connectivity index (χ4v) is 6.87. The summed E-state index contributed by atoms with van der Waals surface area (Å²) < 4.78 is 15.5. The van der Waals surface area contributed by atoms with Gasteiger partial charge < -0.3 is 5.32 Å². The number of nitro groups is 1. The van der Waals surface area contributed by atoms with E-state index in [9.17, 15) is 24.1 Å². The van der Waals surface area contributed by atoms with Crippen molar-refractivity contribution in [3.05, 3.63) is 133 Å². The molecule has 2 amide bonds. The van der Waals surface area contributed by atoms with Crippen LogP contribution in [0, 0.1) is 29.8 Å². The molecule has 0 fully saturated rings. The van der Waals surface area contributed by atoms with Crippen molar-refractivity contribution in [3.8, 4) is 5.69 Å². The molecule has 14 heteroatoms. The van der Waals surface area contributed by atoms with E-state index in [4.69, 9.17) is 5.10 Å². The molecule has 3 aromatic carbocycles. The van der Waals surface area contributed by atoms with Gasteiger partial charge in [0.05, 0.1) is 33.9 Å². The number of thiophene rings is 1. The molecule has 11 nitrogen and oxygen atoms in total. The van der Waals surface area contributed by atoms with Gasteiger partial charge in [-0.2, -0.15) is 5.10 Å². The SMILES string of the molecule is Cc1cccc(-n2c(CNC(=O)c3cccc([N+](=O)[O-])c3C)nnc2SCC(=O)N2N=C(c3cccs3)C[C@H]2c2ccc(F)cc2)c1. The molecule has 1 N–H and O–H groups in total. The van der Waals surface area contributed by atoms with Gasteiger partial charge in [0.2, 0.25) is 0 Å². The van der Waals surface area contributed by atoms with Crippen molar-refractivity contribution in [3.63, 3.8) is 0 Å². The second-order valence-electron chi connectivity index (χ2n) is 10.8. The number of nitrogens with one attached hydrogen (secondary N) is 1. The topological polar surface area (TPSA) is 136 Å². The van der Waals surface area contributed by atoms with Crippen LogP contribution in [0.4, 0.5) is 10.1 Å². The highest BCUT2D eigenvalue weighted by Gasteiger charge is 2.34. The van der Waals surface area contributed by atoms with Gasteiger partial charge in [-0.1, -0.05) is 48.2 Å². The van der Waals surface area contributed by atoms with Crippen LogP contribution in [0.3, 0.4) is 0 Å². The van der Waals surface area contributed by atoms with Crippen LogP contribution in [0.15, 0.2) is 94.5 Å². The Morgan fingerprint density at radius 1 is 1.06 bits per heavy atom. The molecule has 47 heavy (non-hydrogen) atoms. The number of thioether (sulfide) groups is 1. The Balaban J connectivity index is 1.24. The molecular formula is C33H28FN7O4S2. The van der Waals surface area contributed by atoms with Crippen LogP contribution < -0.4 is 5.32 Å². The summed E-state index contributed by atoms with van der Waals surface area (Å²) in [6.45, 7) is 3.45. The van der Waals surface area contributed by atoms with Crippen LogP contribution in [0.25, 0.3) is 5.69 Å². The zero-order chi connectivity index (χ0) is 33.1. The molecule has 0 saturated carbocycles. The van der Waals surface area contributed by atoms with Gasteiger partial charge in [0.15, 0.2) is 11.0 Å². The maximum atomic E-state index is 13.7. The first-order valence-corrected chi connectivity index (χ1v) is 16.4. The van der Waals surface area contributed by atoms with Gasteiger partial charge in [-0.15, -0.1) is 21.5 Å². The first-order valence-electron chi connectivity index (χ1n) is 14.5. The molecule has 2 aromatic heterocycles. The van der Waals surface area contributed by atoms with Gasteiger partial charge in [0, 0.05) is 29.3 Å². The predicted octanol–water partition coefficient (Wildman–Crippen LogP) is 6.39. The summed E-state index contributed by atoms with van der Waals surface area (Å²) in [5.41, 5.74) is 3.59. The number of hydrogen-bond donors (Lipinski definition) is 1. The number of carbonyl (C=O) groups is 2. The van der Waals surface area contributed by atoms with Gasteiger partial charge in [-0.05, 0) is 66.8 Å². The fraction of sp³-hybridized carbons (Fsp3) is 0.182. The zero-order valence-electron chi connectivity index (χ0n) is 25.3. The van der Waals surface area contributed by atoms with Crippen molar-refractivity contribution in [2.75, 3.05) is 5.75 Å². The van der Waals surface area contributed by atoms with E-state index in [0.29, 0.717) is 17.4 Å². The number of aryl methyl sites for hydroxylation is 1. The molecule has 6 rings (SSSR count). The van der Waals surface area contributed by atoms with Crippen LogP contribution in [-0.4, -0.2) is 48.0 Å². The number of halogens is 1. The molecule has 1 aliphatic rings. The molecule has 1 aliphatic heterocycles. The molecule has 0 spiro atoms. The van der Waals surface area contributed by atoms with Crippen molar-refractivity contribution in [2.45, 2.75) is 38.0 Å². The number of nitro benzene ring substituents is 1. The van der Waals surface area contributed by atoms with Gasteiger partial charge in [-0.25, -0.2) is 9.40 Å². The van der Waals surface area contributed by atoms with Crippen molar-refractivity contribution in [2.24, 2.45) is 5.10 Å². The molecular weight excluding hydrogens is 642 g/mol. The number of benzene rings is 3. The lowest BCUT2D eigenvalue weighted by Crippen LogP contribution is -2.28. The minimum atomic E-state index is -0.524. The maximum Gasteiger partial charge on any atom is 0.273 e. The number of aromatic nitrogens is 3. The average Bonchev–Trinajstić information content (AvgIpc) is 3.83. The average molecular weight is 670 g/mol. The summed E-state index contributed by atoms with van der Waals surface area (Å²) in [5.74, 6) is -0.713. The van der Waals surface area contributed by atoms with E-state index in [1.165, 1.54) is 65.4 Å². The number of carbonyl (C=O) groups excluding carboxylic acids is 2. The van der Waals surface area contributed by atoms with Crippen molar-refractivity contribution in [1.82, 2.24) is 25.1 Å². The predicted molar refractivity (Wildman–Crippen MR) is 177 cm³/mol. The van der Waals surface area contributed by atoms with Gasteiger partial charge >= 0.3 is 0 Å². The van der Waals surface area contributed by atoms with Crippen molar-refractivity contribution >= 4 is 46.3 Å². The Bertz CT molecular complexity index is 1990. The van der Waals surface area contributed by atoms with E-state index in [1.54, 1.807) is 16.7 Å². The number of amides is 2. The van der Waals surface area contributed by atoms with Crippen molar-refractivity contribution in [1.29, 1.82) is 0 Å². The molecule has 0 radical (unpaired) electrons. The molecule has 0 bridgehead atoms. The van der Waals surface area contributed by atoms with E-state index in [2.05, 4.69) is 15.5 Å². The second-order valence-corrected chi connectivity index (χ2v) is 12.7. The number of nitrogens with zero attached hydrogens (tertiary/aromatic N) is 6. The van der Waals surface area contributed by atoms with Crippen LogP contribution in [-0.2, 0) is 11.3 Å². The monoisotopic (exact) mass is 669 g/mol. The fourth-order valence-electron chi connectivity index (χ4n) is 5.33. The van der Waals surface area contributed by atoms with E-state index < -0.39 is 16.9 Å². The first-order chi connectivity index (χ1) is 22.7. The van der Waals surface area contributed by atoms with E-state index in [-0.39, 0.29) is 40.8 Å². The minimum absolute atomic E-state index is 0.0118. The third-order valence-corrected chi connectivity index (χ3v) is 9.50. The summed E-state index contributed by atoms with van der Waals surface area (Å²) >= 11 is 2.72. The van der Waals surface area contributed by atoms with Gasteiger partial charge in [0.25, 0.3) is 17.5 Å². The molecule has 3 heterocycles. The highest BCUT2D eigenvalue weighted by molar-refractivity contribution is 7.99. The summed E-state index contributed by atoms with van der Waals surface area (Å²) in [6, 6.07) is 21.6. The van der Waals surface area contributed by atoms with E-state index >= 15 is 0 Å². The van der Waals surface area contributed by atoms with Crippen LogP contribution in [0.2, 0.25) is 0 Å². The Labute approximate surface area is 277 Å². The first kappa shape index (κ1) is 31.8. The molecule has 238 valence electrons.